The fraction of sp³-hybridized carbons (Fsp3) is 0.424. The Kier molecular flexibility index (Phi) is 10.6. The number of carbonyl (C=O) groups is 1. The molecule has 2 saturated heterocycles. The van der Waals surface area contributed by atoms with E-state index in [2.05, 4.69) is 15.1 Å². The molecule has 2 aliphatic heterocycles. The Morgan fingerprint density at radius 1 is 1.02 bits per heavy atom. The lowest BCUT2D eigenvalue weighted by Crippen LogP contribution is -2.45. The third-order valence-corrected chi connectivity index (χ3v) is 10.2. The molecule has 0 bridgehead atoms. The summed E-state index contributed by atoms with van der Waals surface area (Å²) in [5.74, 6) is -0.0523. The second-order valence-electron chi connectivity index (χ2n) is 11.4. The fourth-order valence-corrected chi connectivity index (χ4v) is 6.68. The first kappa shape index (κ1) is 33.7. The van der Waals surface area contributed by atoms with Gasteiger partial charge in [0.05, 0.1) is 48.6 Å². The zero-order chi connectivity index (χ0) is 32.9. The minimum atomic E-state index is -4.42. The van der Waals surface area contributed by atoms with Gasteiger partial charge < -0.3 is 24.8 Å². The van der Waals surface area contributed by atoms with Crippen molar-refractivity contribution in [3.63, 3.8) is 0 Å². The van der Waals surface area contributed by atoms with Crippen molar-refractivity contribution in [2.24, 2.45) is 0 Å². The molecule has 3 aromatic rings. The summed E-state index contributed by atoms with van der Waals surface area (Å²) in [6, 6.07) is 17.3. The van der Waals surface area contributed by atoms with E-state index in [0.717, 1.165) is 37.5 Å². The van der Waals surface area contributed by atoms with Gasteiger partial charge >= 0.3 is 6.18 Å². The molecule has 0 aromatic heterocycles. The smallest absolute Gasteiger partial charge is 0.416 e. The Morgan fingerprint density at radius 3 is 2.26 bits per heavy atom. The van der Waals surface area contributed by atoms with Gasteiger partial charge in [0.1, 0.15) is 11.9 Å². The van der Waals surface area contributed by atoms with E-state index in [1.165, 1.54) is 24.3 Å². The number of hydrogen-bond donors (Lipinski definition) is 2. The molecule has 3 atom stereocenters. The summed E-state index contributed by atoms with van der Waals surface area (Å²) in [6.07, 6.45) is -4.01. The van der Waals surface area contributed by atoms with Crippen LogP contribution in [-0.4, -0.2) is 88.2 Å². The summed E-state index contributed by atoms with van der Waals surface area (Å²) >= 11 is 0. The van der Waals surface area contributed by atoms with Crippen molar-refractivity contribution in [1.82, 2.24) is 10.2 Å². The summed E-state index contributed by atoms with van der Waals surface area (Å²) < 4.78 is 74.9. The number of ether oxygens (including phenoxy) is 2. The number of rotatable bonds is 11. The predicted molar refractivity (Wildman–Crippen MR) is 167 cm³/mol. The van der Waals surface area contributed by atoms with Crippen molar-refractivity contribution in [3.8, 4) is 5.75 Å². The van der Waals surface area contributed by atoms with Crippen LogP contribution in [0.25, 0.3) is 0 Å². The number of hydrogen-bond acceptors (Lipinski definition) is 8. The molecule has 5 rings (SSSR count). The van der Waals surface area contributed by atoms with Crippen LogP contribution in [0.2, 0.25) is 0 Å². The van der Waals surface area contributed by atoms with E-state index in [-0.39, 0.29) is 29.4 Å². The highest BCUT2D eigenvalue weighted by Crippen LogP contribution is 2.33. The lowest BCUT2D eigenvalue weighted by atomic mass is 10.1. The maximum Gasteiger partial charge on any atom is 0.416 e. The van der Waals surface area contributed by atoms with Crippen molar-refractivity contribution in [2.45, 2.75) is 42.6 Å². The van der Waals surface area contributed by atoms with Crippen molar-refractivity contribution < 1.29 is 41.0 Å². The van der Waals surface area contributed by atoms with Crippen LogP contribution in [0.5, 0.6) is 5.75 Å². The highest BCUT2D eigenvalue weighted by atomic mass is 32.2. The first-order valence-electron chi connectivity index (χ1n) is 15.2. The molecule has 2 aliphatic rings. The van der Waals surface area contributed by atoms with Gasteiger partial charge in [-0.1, -0.05) is 19.1 Å². The quantitative estimate of drug-likeness (QED) is 0.313. The molecule has 248 valence electrons. The van der Waals surface area contributed by atoms with Gasteiger partial charge in [0.25, 0.3) is 5.91 Å². The van der Waals surface area contributed by atoms with E-state index in [1.807, 2.05) is 12.1 Å². The number of alkyl halides is 3. The second-order valence-corrected chi connectivity index (χ2v) is 13.7. The lowest BCUT2D eigenvalue weighted by molar-refractivity contribution is -0.137. The molecule has 1 amide bonds. The predicted octanol–water partition coefficient (Wildman–Crippen LogP) is 4.32. The molecule has 0 unspecified atom stereocenters. The standard InChI is InChI=1S/C33H38F3N3O6S/c1-2-46(42,43)30-13-5-23(6-14-30)31(22-40)37-32(41)24-3-9-26(10-4-24)39-21-29(19-27(39)20-38-15-17-44-18-16-38)45-28-11-7-25(8-12-28)33(34,35)36/h3-14,27,29,31,40H,2,15-22H2,1H3,(H,37,41)/t27-,29+,31-/m0/s1. The fourth-order valence-electron chi connectivity index (χ4n) is 5.80. The summed E-state index contributed by atoms with van der Waals surface area (Å²) in [5, 5.41) is 12.8. The van der Waals surface area contributed by atoms with Crippen LogP contribution in [0.1, 0.15) is 40.9 Å². The molecule has 3 aromatic carbocycles. The topological polar surface area (TPSA) is 108 Å². The van der Waals surface area contributed by atoms with Gasteiger partial charge in [-0.15, -0.1) is 0 Å². The minimum Gasteiger partial charge on any atom is -0.489 e. The Bertz CT molecular complexity index is 1560. The number of morpholine rings is 1. The SMILES string of the molecule is CCS(=O)(=O)c1ccc([C@H](CO)NC(=O)c2ccc(N3C[C@H](Oc4ccc(C(F)(F)F)cc4)C[C@H]3CN3CCOCC3)cc2)cc1. The number of nitrogens with one attached hydrogen (secondary N) is 1. The number of aliphatic hydroxyl groups is 1. The van der Waals surface area contributed by atoms with Crippen LogP contribution in [0.4, 0.5) is 18.9 Å². The first-order chi connectivity index (χ1) is 22.0. The van der Waals surface area contributed by atoms with Crippen LogP contribution >= 0.6 is 0 Å². The maximum absolute atomic E-state index is 13.1. The van der Waals surface area contributed by atoms with Gasteiger partial charge in [-0.3, -0.25) is 9.69 Å². The number of benzene rings is 3. The third kappa shape index (κ3) is 8.19. The lowest BCUT2D eigenvalue weighted by Gasteiger charge is -2.33. The molecule has 13 heteroatoms. The zero-order valence-corrected chi connectivity index (χ0v) is 26.3. The average Bonchev–Trinajstić information content (AvgIpc) is 3.45. The molecule has 0 spiro atoms. The number of nitrogens with zero attached hydrogens (tertiary/aromatic N) is 2. The number of sulfone groups is 1. The molecule has 0 saturated carbocycles. The maximum atomic E-state index is 13.1. The number of aliphatic hydroxyl groups excluding tert-OH is 1. The molecular formula is C33H38F3N3O6S. The number of carbonyl (C=O) groups excluding carboxylic acids is 1. The van der Waals surface area contributed by atoms with Crippen molar-refractivity contribution in [3.05, 3.63) is 89.5 Å². The highest BCUT2D eigenvalue weighted by Gasteiger charge is 2.36. The van der Waals surface area contributed by atoms with Gasteiger partial charge in [0.2, 0.25) is 0 Å². The molecule has 2 N–H and O–H groups in total. The van der Waals surface area contributed by atoms with Gasteiger partial charge in [0.15, 0.2) is 9.84 Å². The normalized spacial score (nSPS) is 20.0. The monoisotopic (exact) mass is 661 g/mol. The van der Waals surface area contributed by atoms with Crippen LogP contribution in [0.3, 0.4) is 0 Å². The molecule has 0 aliphatic carbocycles. The Labute approximate surface area is 266 Å². The summed E-state index contributed by atoms with van der Waals surface area (Å²) in [4.78, 5) is 17.8. The third-order valence-electron chi connectivity index (χ3n) is 8.40. The Hall–Kier alpha value is -3.65. The molecule has 9 nitrogen and oxygen atoms in total. The van der Waals surface area contributed by atoms with Crippen molar-refractivity contribution >= 4 is 21.4 Å². The van der Waals surface area contributed by atoms with E-state index in [1.54, 1.807) is 31.2 Å². The number of anilines is 1. The minimum absolute atomic E-state index is 0.0271. The summed E-state index contributed by atoms with van der Waals surface area (Å²) in [7, 11) is -3.37. The van der Waals surface area contributed by atoms with Crippen LogP contribution < -0.4 is 15.0 Å². The second kappa shape index (κ2) is 14.4. The largest absolute Gasteiger partial charge is 0.489 e. The molecule has 2 heterocycles. The summed E-state index contributed by atoms with van der Waals surface area (Å²) in [6.45, 7) is 5.37. The number of amides is 1. The molecular weight excluding hydrogens is 623 g/mol. The van der Waals surface area contributed by atoms with E-state index in [4.69, 9.17) is 9.47 Å². The summed E-state index contributed by atoms with van der Waals surface area (Å²) in [5.41, 5.74) is 1.10. The van der Waals surface area contributed by atoms with E-state index in [9.17, 15) is 31.5 Å². The van der Waals surface area contributed by atoms with Crippen molar-refractivity contribution in [2.75, 3.05) is 56.7 Å². The molecule has 0 radical (unpaired) electrons. The average molecular weight is 662 g/mol. The number of halogens is 3. The van der Waals surface area contributed by atoms with E-state index < -0.39 is 33.5 Å². The molecule has 2 fully saturated rings. The highest BCUT2D eigenvalue weighted by molar-refractivity contribution is 7.91. The van der Waals surface area contributed by atoms with Crippen LogP contribution in [0, 0.1) is 0 Å². The van der Waals surface area contributed by atoms with Crippen LogP contribution in [0.15, 0.2) is 77.7 Å². The van der Waals surface area contributed by atoms with Gasteiger partial charge in [0, 0.05) is 43.3 Å². The Morgan fingerprint density at radius 2 is 1.67 bits per heavy atom. The first-order valence-corrected chi connectivity index (χ1v) is 16.9. The van der Waals surface area contributed by atoms with Gasteiger partial charge in [-0.25, -0.2) is 8.42 Å². The van der Waals surface area contributed by atoms with Crippen molar-refractivity contribution in [1.29, 1.82) is 0 Å². The van der Waals surface area contributed by atoms with Crippen LogP contribution in [-0.2, 0) is 20.8 Å². The zero-order valence-electron chi connectivity index (χ0n) is 25.4. The molecule has 46 heavy (non-hydrogen) atoms. The van der Waals surface area contributed by atoms with E-state index >= 15 is 0 Å². The van der Waals surface area contributed by atoms with E-state index in [0.29, 0.717) is 43.1 Å². The Balaban J connectivity index is 1.27. The van der Waals surface area contributed by atoms with Gasteiger partial charge in [-0.2, -0.15) is 13.2 Å². The van der Waals surface area contributed by atoms with Gasteiger partial charge in [-0.05, 0) is 66.2 Å².